The minimum atomic E-state index is 0.598. The molecule has 0 aliphatic carbocycles. The predicted molar refractivity (Wildman–Crippen MR) is 76.3 cm³/mol. The summed E-state index contributed by atoms with van der Waals surface area (Å²) in [6.07, 6.45) is 5.14. The fourth-order valence-corrected chi connectivity index (χ4v) is 2.73. The van der Waals surface area contributed by atoms with Crippen LogP contribution in [0.1, 0.15) is 29.9 Å². The van der Waals surface area contributed by atoms with E-state index in [1.807, 2.05) is 20.0 Å². The Morgan fingerprint density at radius 3 is 3.05 bits per heavy atom. The maximum Gasteiger partial charge on any atom is 0.227 e. The molecule has 3 rings (SSSR count). The van der Waals surface area contributed by atoms with Crippen LogP contribution in [0.2, 0.25) is 0 Å². The van der Waals surface area contributed by atoms with Crippen LogP contribution in [-0.2, 0) is 6.42 Å². The molecule has 0 spiro atoms. The van der Waals surface area contributed by atoms with Crippen molar-refractivity contribution in [3.8, 4) is 11.5 Å². The number of hydrogen-bond acceptors (Lipinski definition) is 5. The van der Waals surface area contributed by atoms with Crippen molar-refractivity contribution >= 4 is 0 Å². The van der Waals surface area contributed by atoms with Gasteiger partial charge in [-0.05, 0) is 56.8 Å². The summed E-state index contributed by atoms with van der Waals surface area (Å²) in [4.78, 5) is 8.91. The average molecular weight is 272 g/mol. The van der Waals surface area contributed by atoms with Gasteiger partial charge in [0.05, 0.1) is 0 Å². The minimum absolute atomic E-state index is 0.598. The van der Waals surface area contributed by atoms with Gasteiger partial charge in [-0.3, -0.25) is 4.98 Å². The van der Waals surface area contributed by atoms with Crippen molar-refractivity contribution in [3.05, 3.63) is 29.3 Å². The van der Waals surface area contributed by atoms with Gasteiger partial charge in [-0.25, -0.2) is 0 Å². The van der Waals surface area contributed by atoms with Gasteiger partial charge in [-0.2, -0.15) is 4.98 Å². The third kappa shape index (κ3) is 2.88. The highest BCUT2D eigenvalue weighted by Gasteiger charge is 2.18. The second kappa shape index (κ2) is 5.71. The molecule has 1 fully saturated rings. The molecule has 0 aromatic carbocycles. The second-order valence-corrected chi connectivity index (χ2v) is 5.61. The summed E-state index contributed by atoms with van der Waals surface area (Å²) < 4.78 is 5.38. The lowest BCUT2D eigenvalue weighted by atomic mass is 9.96. The summed E-state index contributed by atoms with van der Waals surface area (Å²) in [6.45, 7) is 6.22. The van der Waals surface area contributed by atoms with Gasteiger partial charge in [0.25, 0.3) is 0 Å². The molecule has 1 atom stereocenters. The Labute approximate surface area is 118 Å². The van der Waals surface area contributed by atoms with Crippen molar-refractivity contribution in [2.45, 2.75) is 33.1 Å². The van der Waals surface area contributed by atoms with Crippen LogP contribution in [0.3, 0.4) is 0 Å². The van der Waals surface area contributed by atoms with Crippen molar-refractivity contribution in [1.29, 1.82) is 0 Å². The lowest BCUT2D eigenvalue weighted by Gasteiger charge is -2.20. The van der Waals surface area contributed by atoms with Crippen molar-refractivity contribution in [1.82, 2.24) is 20.4 Å². The van der Waals surface area contributed by atoms with E-state index in [0.29, 0.717) is 11.7 Å². The molecule has 1 aliphatic heterocycles. The second-order valence-electron chi connectivity index (χ2n) is 5.61. The molecule has 0 amide bonds. The molecule has 2 aromatic heterocycles. The van der Waals surface area contributed by atoms with E-state index in [2.05, 4.69) is 26.5 Å². The molecule has 1 unspecified atom stereocenters. The smallest absolute Gasteiger partial charge is 0.227 e. The monoisotopic (exact) mass is 272 g/mol. The van der Waals surface area contributed by atoms with E-state index in [0.717, 1.165) is 42.2 Å². The van der Waals surface area contributed by atoms with Gasteiger partial charge >= 0.3 is 0 Å². The van der Waals surface area contributed by atoms with Crippen LogP contribution in [0.15, 0.2) is 16.8 Å². The normalized spacial score (nSPS) is 19.2. The Morgan fingerprint density at radius 2 is 2.30 bits per heavy atom. The first-order chi connectivity index (χ1) is 9.72. The summed E-state index contributed by atoms with van der Waals surface area (Å²) >= 11 is 0. The first-order valence-electron chi connectivity index (χ1n) is 7.19. The van der Waals surface area contributed by atoms with Gasteiger partial charge in [-0.1, -0.05) is 11.2 Å². The molecule has 5 nitrogen and oxygen atoms in total. The summed E-state index contributed by atoms with van der Waals surface area (Å²) in [5.41, 5.74) is 3.03. The molecule has 1 aliphatic rings. The SMILES string of the molecule is Cc1cnc(-c2noc(CC3CCCNC3)n2)c(C)c1. The zero-order valence-electron chi connectivity index (χ0n) is 12.0. The average Bonchev–Trinajstić information content (AvgIpc) is 2.88. The van der Waals surface area contributed by atoms with Crippen molar-refractivity contribution < 1.29 is 4.52 Å². The number of hydrogen-bond donors (Lipinski definition) is 1. The molecular weight excluding hydrogens is 252 g/mol. The Balaban J connectivity index is 1.75. The predicted octanol–water partition coefficient (Wildman–Crippen LogP) is 2.29. The van der Waals surface area contributed by atoms with Crippen LogP contribution in [0.25, 0.3) is 11.5 Å². The van der Waals surface area contributed by atoms with Gasteiger partial charge in [0.2, 0.25) is 11.7 Å². The van der Waals surface area contributed by atoms with Gasteiger partial charge in [-0.15, -0.1) is 0 Å². The summed E-state index contributed by atoms with van der Waals surface area (Å²) in [7, 11) is 0. The van der Waals surface area contributed by atoms with Gasteiger partial charge in [0, 0.05) is 12.6 Å². The first-order valence-corrected chi connectivity index (χ1v) is 7.19. The minimum Gasteiger partial charge on any atom is -0.339 e. The highest BCUT2D eigenvalue weighted by atomic mass is 16.5. The van der Waals surface area contributed by atoms with E-state index in [1.165, 1.54) is 12.8 Å². The summed E-state index contributed by atoms with van der Waals surface area (Å²) in [5, 5.41) is 7.48. The fraction of sp³-hybridized carbons (Fsp3) is 0.533. The van der Waals surface area contributed by atoms with Crippen LogP contribution in [-0.4, -0.2) is 28.2 Å². The summed E-state index contributed by atoms with van der Waals surface area (Å²) in [6, 6.07) is 2.09. The maximum atomic E-state index is 5.38. The number of nitrogens with one attached hydrogen (secondary N) is 1. The van der Waals surface area contributed by atoms with Crippen LogP contribution < -0.4 is 5.32 Å². The standard InChI is InChI=1S/C15H20N4O/c1-10-6-11(2)14(17-8-10)15-18-13(20-19-15)7-12-4-3-5-16-9-12/h6,8,12,16H,3-5,7,9H2,1-2H3. The Kier molecular flexibility index (Phi) is 3.78. The Hall–Kier alpha value is -1.75. The molecule has 0 radical (unpaired) electrons. The van der Waals surface area contributed by atoms with Crippen LogP contribution in [0, 0.1) is 19.8 Å². The third-order valence-corrected chi connectivity index (χ3v) is 3.76. The van der Waals surface area contributed by atoms with Crippen molar-refractivity contribution in [2.24, 2.45) is 5.92 Å². The summed E-state index contributed by atoms with van der Waals surface area (Å²) in [5.74, 6) is 1.92. The molecule has 0 saturated carbocycles. The van der Waals surface area contributed by atoms with E-state index < -0.39 is 0 Å². The van der Waals surface area contributed by atoms with Gasteiger partial charge in [0.1, 0.15) is 5.69 Å². The molecule has 3 heterocycles. The molecule has 20 heavy (non-hydrogen) atoms. The highest BCUT2D eigenvalue weighted by molar-refractivity contribution is 5.53. The largest absolute Gasteiger partial charge is 0.339 e. The van der Waals surface area contributed by atoms with Crippen LogP contribution >= 0.6 is 0 Å². The number of pyridine rings is 1. The number of nitrogens with zero attached hydrogens (tertiary/aromatic N) is 3. The first kappa shape index (κ1) is 13.2. The molecule has 5 heteroatoms. The Morgan fingerprint density at radius 1 is 1.40 bits per heavy atom. The quantitative estimate of drug-likeness (QED) is 0.928. The highest BCUT2D eigenvalue weighted by Crippen LogP contribution is 2.21. The van der Waals surface area contributed by atoms with Gasteiger partial charge in [0.15, 0.2) is 0 Å². The number of aromatic nitrogens is 3. The van der Waals surface area contributed by atoms with Crippen molar-refractivity contribution in [3.63, 3.8) is 0 Å². The molecule has 2 aromatic rings. The van der Waals surface area contributed by atoms with E-state index in [4.69, 9.17) is 4.52 Å². The number of aryl methyl sites for hydroxylation is 2. The zero-order chi connectivity index (χ0) is 13.9. The van der Waals surface area contributed by atoms with Crippen LogP contribution in [0.5, 0.6) is 0 Å². The molecule has 106 valence electrons. The Bertz CT molecular complexity index is 587. The molecule has 0 bridgehead atoms. The molecule has 1 N–H and O–H groups in total. The number of rotatable bonds is 3. The van der Waals surface area contributed by atoms with Crippen LogP contribution in [0.4, 0.5) is 0 Å². The molecular formula is C15H20N4O. The van der Waals surface area contributed by atoms with Gasteiger partial charge < -0.3 is 9.84 Å². The lowest BCUT2D eigenvalue weighted by molar-refractivity contribution is 0.316. The van der Waals surface area contributed by atoms with Crippen molar-refractivity contribution in [2.75, 3.05) is 13.1 Å². The maximum absolute atomic E-state index is 5.38. The number of piperidine rings is 1. The zero-order valence-corrected chi connectivity index (χ0v) is 12.0. The van der Waals surface area contributed by atoms with E-state index in [9.17, 15) is 0 Å². The van der Waals surface area contributed by atoms with E-state index in [-0.39, 0.29) is 0 Å². The molecule has 1 saturated heterocycles. The lowest BCUT2D eigenvalue weighted by Crippen LogP contribution is -2.30. The fourth-order valence-electron chi connectivity index (χ4n) is 2.73. The van der Waals surface area contributed by atoms with E-state index in [1.54, 1.807) is 0 Å². The van der Waals surface area contributed by atoms with E-state index >= 15 is 0 Å². The topological polar surface area (TPSA) is 63.8 Å². The third-order valence-electron chi connectivity index (χ3n) is 3.76.